The number of hydrogen-bond donors (Lipinski definition) is 0. The molecule has 1 heterocycles. The average Bonchev–Trinajstić information content (AvgIpc) is 3.79. The van der Waals surface area contributed by atoms with Crippen molar-refractivity contribution in [3.05, 3.63) is 180 Å². The molecule has 55 heavy (non-hydrogen) atoms. The molecule has 10 aromatic rings. The molecule has 12 rings (SSSR count). The van der Waals surface area contributed by atoms with Gasteiger partial charge in [0.05, 0.1) is 0 Å². The van der Waals surface area contributed by atoms with E-state index in [9.17, 15) is 0 Å². The maximum Gasteiger partial charge on any atom is 0.0355 e. The monoisotopic (exact) mass is 718 g/mol. The van der Waals surface area contributed by atoms with Gasteiger partial charge in [0.25, 0.3) is 0 Å². The van der Waals surface area contributed by atoms with Gasteiger partial charge in [-0.25, -0.2) is 0 Å². The maximum atomic E-state index is 2.58. The van der Waals surface area contributed by atoms with Crippen molar-refractivity contribution in [2.75, 3.05) is 0 Å². The van der Waals surface area contributed by atoms with Gasteiger partial charge in [-0.3, -0.25) is 0 Å². The Labute approximate surface area is 325 Å². The Morgan fingerprint density at radius 3 is 1.49 bits per heavy atom. The Morgan fingerprint density at radius 1 is 0.327 bits per heavy atom. The van der Waals surface area contributed by atoms with Crippen molar-refractivity contribution in [1.82, 2.24) is 0 Å². The molecule has 0 aliphatic heterocycles. The molecular weight excluding hydrogens is 681 g/mol. The summed E-state index contributed by atoms with van der Waals surface area (Å²) in [6, 6.07) is 60.0. The van der Waals surface area contributed by atoms with E-state index in [1.165, 1.54) is 119 Å². The zero-order valence-electron chi connectivity index (χ0n) is 31.4. The van der Waals surface area contributed by atoms with E-state index in [1.54, 1.807) is 0 Å². The number of thiophene rings is 1. The standard InChI is InChI=1S/C54H38S/c1-53(2)42-22-12-9-20-38(42)50-44(53)27-26-37-41(30-45-51(52(37)50)39-21-10-13-23-43(39)54(45,3)4)49-35-18-7-5-16-33(35)48(34-17-6-8-19-36(34)49)31-25-28-47-40(29-31)32-15-11-14-24-46(32)55-47/h5-30H,1-4H3. The smallest absolute Gasteiger partial charge is 0.0355 e. The fourth-order valence-corrected chi connectivity index (χ4v) is 11.8. The van der Waals surface area contributed by atoms with E-state index in [-0.39, 0.29) is 10.8 Å². The van der Waals surface area contributed by atoms with Gasteiger partial charge in [0.15, 0.2) is 0 Å². The molecule has 0 saturated carbocycles. The zero-order chi connectivity index (χ0) is 36.8. The quantitative estimate of drug-likeness (QED) is 0.156. The molecule has 2 aliphatic rings. The molecule has 0 unspecified atom stereocenters. The van der Waals surface area contributed by atoms with E-state index in [1.807, 2.05) is 11.3 Å². The minimum absolute atomic E-state index is 0.0907. The van der Waals surface area contributed by atoms with Gasteiger partial charge in [-0.05, 0) is 123 Å². The van der Waals surface area contributed by atoms with E-state index in [4.69, 9.17) is 0 Å². The number of rotatable bonds is 2. The summed E-state index contributed by atoms with van der Waals surface area (Å²) >= 11 is 1.88. The first-order valence-corrected chi connectivity index (χ1v) is 20.3. The topological polar surface area (TPSA) is 0 Å². The summed E-state index contributed by atoms with van der Waals surface area (Å²) in [5.74, 6) is 0. The Hall–Kier alpha value is -6.02. The number of hydrogen-bond acceptors (Lipinski definition) is 1. The second-order valence-electron chi connectivity index (χ2n) is 16.7. The van der Waals surface area contributed by atoms with Gasteiger partial charge in [-0.1, -0.05) is 161 Å². The molecule has 0 amide bonds. The van der Waals surface area contributed by atoms with E-state index >= 15 is 0 Å². The SMILES string of the molecule is CC1(C)c2ccccc2-c2c1ccc1c(-c3c4ccccc4c(-c4ccc5sc6ccccc6c5c4)c4ccccc34)cc3c(c21)-c1ccccc1C3(C)C. The van der Waals surface area contributed by atoms with Crippen LogP contribution < -0.4 is 0 Å². The van der Waals surface area contributed by atoms with Gasteiger partial charge < -0.3 is 0 Å². The molecule has 0 bridgehead atoms. The number of benzene rings is 9. The molecule has 9 aromatic carbocycles. The summed E-state index contributed by atoms with van der Waals surface area (Å²) in [7, 11) is 0. The summed E-state index contributed by atoms with van der Waals surface area (Å²) in [4.78, 5) is 0. The van der Waals surface area contributed by atoms with Crippen LogP contribution in [-0.4, -0.2) is 0 Å². The molecule has 0 fully saturated rings. The van der Waals surface area contributed by atoms with Crippen LogP contribution in [-0.2, 0) is 10.8 Å². The summed E-state index contributed by atoms with van der Waals surface area (Å²) in [5, 5.41) is 10.6. The molecule has 1 aromatic heterocycles. The molecule has 0 radical (unpaired) electrons. The lowest BCUT2D eigenvalue weighted by Gasteiger charge is -2.26. The van der Waals surface area contributed by atoms with Gasteiger partial charge in [0.1, 0.15) is 0 Å². The number of fused-ring (bicyclic) bond motifs is 14. The zero-order valence-corrected chi connectivity index (χ0v) is 32.2. The van der Waals surface area contributed by atoms with E-state index in [2.05, 4.69) is 185 Å². The van der Waals surface area contributed by atoms with Gasteiger partial charge in [0, 0.05) is 31.0 Å². The largest absolute Gasteiger partial charge is 0.135 e. The van der Waals surface area contributed by atoms with Crippen LogP contribution >= 0.6 is 11.3 Å². The van der Waals surface area contributed by atoms with Crippen molar-refractivity contribution >= 4 is 63.8 Å². The Kier molecular flexibility index (Phi) is 6.16. The minimum atomic E-state index is -0.157. The first-order chi connectivity index (χ1) is 26.8. The first kappa shape index (κ1) is 31.3. The summed E-state index contributed by atoms with van der Waals surface area (Å²) in [6.07, 6.45) is 0. The van der Waals surface area contributed by atoms with E-state index in [0.717, 1.165) is 0 Å². The van der Waals surface area contributed by atoms with Crippen molar-refractivity contribution in [3.63, 3.8) is 0 Å². The van der Waals surface area contributed by atoms with Crippen LogP contribution in [0.3, 0.4) is 0 Å². The van der Waals surface area contributed by atoms with Crippen LogP contribution in [0.25, 0.3) is 97.0 Å². The molecule has 0 N–H and O–H groups in total. The predicted molar refractivity (Wildman–Crippen MR) is 238 cm³/mol. The second kappa shape index (κ2) is 10.8. The molecule has 0 spiro atoms. The van der Waals surface area contributed by atoms with Crippen molar-refractivity contribution in [2.24, 2.45) is 0 Å². The van der Waals surface area contributed by atoms with Crippen molar-refractivity contribution in [1.29, 1.82) is 0 Å². The van der Waals surface area contributed by atoms with Crippen molar-refractivity contribution < 1.29 is 0 Å². The van der Waals surface area contributed by atoms with Crippen LogP contribution in [0.1, 0.15) is 49.9 Å². The fraction of sp³-hybridized carbons (Fsp3) is 0.111. The third kappa shape index (κ3) is 4.01. The molecule has 0 atom stereocenters. The van der Waals surface area contributed by atoms with Crippen LogP contribution in [0.4, 0.5) is 0 Å². The Morgan fingerprint density at radius 2 is 0.836 bits per heavy atom. The van der Waals surface area contributed by atoms with Crippen LogP contribution in [0, 0.1) is 0 Å². The highest BCUT2D eigenvalue weighted by Crippen LogP contribution is 2.60. The molecular formula is C54H38S. The second-order valence-corrected chi connectivity index (χ2v) is 17.8. The van der Waals surface area contributed by atoms with Crippen molar-refractivity contribution in [2.45, 2.75) is 38.5 Å². The third-order valence-electron chi connectivity index (χ3n) is 13.3. The first-order valence-electron chi connectivity index (χ1n) is 19.5. The minimum Gasteiger partial charge on any atom is -0.135 e. The summed E-state index contributed by atoms with van der Waals surface area (Å²) in [6.45, 7) is 9.67. The normalized spacial score (nSPS) is 14.8. The van der Waals surface area contributed by atoms with Gasteiger partial charge in [-0.15, -0.1) is 11.3 Å². The van der Waals surface area contributed by atoms with Gasteiger partial charge in [0.2, 0.25) is 0 Å². The lowest BCUT2D eigenvalue weighted by Crippen LogP contribution is -2.15. The van der Waals surface area contributed by atoms with Crippen LogP contribution in [0.15, 0.2) is 158 Å². The van der Waals surface area contributed by atoms with E-state index < -0.39 is 0 Å². The molecule has 2 aliphatic carbocycles. The Balaban J connectivity index is 1.24. The molecule has 1 heteroatoms. The highest BCUT2D eigenvalue weighted by Gasteiger charge is 2.42. The molecule has 0 saturated heterocycles. The lowest BCUT2D eigenvalue weighted by molar-refractivity contribution is 0.660. The average molecular weight is 719 g/mol. The Bertz CT molecular complexity index is 3240. The highest BCUT2D eigenvalue weighted by atomic mass is 32.1. The lowest BCUT2D eigenvalue weighted by atomic mass is 9.77. The molecule has 260 valence electrons. The van der Waals surface area contributed by atoms with Gasteiger partial charge in [-0.2, -0.15) is 0 Å². The highest BCUT2D eigenvalue weighted by molar-refractivity contribution is 7.25. The summed E-state index contributed by atoms with van der Waals surface area (Å²) < 4.78 is 2.67. The fourth-order valence-electron chi connectivity index (χ4n) is 10.7. The van der Waals surface area contributed by atoms with E-state index in [0.29, 0.717) is 0 Å². The third-order valence-corrected chi connectivity index (χ3v) is 14.4. The van der Waals surface area contributed by atoms with Crippen LogP contribution in [0.2, 0.25) is 0 Å². The van der Waals surface area contributed by atoms with Crippen molar-refractivity contribution in [3.8, 4) is 44.5 Å². The predicted octanol–water partition coefficient (Wildman–Crippen LogP) is 15.5. The van der Waals surface area contributed by atoms with Gasteiger partial charge >= 0.3 is 0 Å². The van der Waals surface area contributed by atoms with Crippen LogP contribution in [0.5, 0.6) is 0 Å². The maximum absolute atomic E-state index is 2.58. The summed E-state index contributed by atoms with van der Waals surface area (Å²) in [5.41, 5.74) is 16.2. The molecule has 0 nitrogen and oxygen atoms in total.